The summed E-state index contributed by atoms with van der Waals surface area (Å²) < 4.78 is 0. The molecule has 0 amide bonds. The van der Waals surface area contributed by atoms with Gasteiger partial charge in [0.1, 0.15) is 6.29 Å². The van der Waals surface area contributed by atoms with E-state index in [4.69, 9.17) is 0 Å². The fourth-order valence-electron chi connectivity index (χ4n) is 1.45. The third kappa shape index (κ3) is 1.20. The number of hydrogen-bond donors (Lipinski definition) is 0. The Morgan fingerprint density at radius 1 is 1.73 bits per heavy atom. The number of aromatic nitrogens is 1. The van der Waals surface area contributed by atoms with Crippen molar-refractivity contribution in [3.8, 4) is 0 Å². The van der Waals surface area contributed by atoms with Crippen molar-refractivity contribution in [1.82, 2.24) is 4.98 Å². The van der Waals surface area contributed by atoms with Crippen LogP contribution in [0.15, 0.2) is 5.51 Å². The van der Waals surface area contributed by atoms with Gasteiger partial charge >= 0.3 is 0 Å². The summed E-state index contributed by atoms with van der Waals surface area (Å²) in [6, 6.07) is 0. The molecule has 1 aliphatic rings. The summed E-state index contributed by atoms with van der Waals surface area (Å²) in [7, 11) is 0. The third-order valence-corrected chi connectivity index (χ3v) is 3.05. The molecule has 2 rings (SSSR count). The van der Waals surface area contributed by atoms with Crippen LogP contribution in [-0.4, -0.2) is 11.3 Å². The Labute approximate surface area is 69.3 Å². The molecule has 0 bridgehead atoms. The summed E-state index contributed by atoms with van der Waals surface area (Å²) in [6.07, 6.45) is 3.98. The lowest BCUT2D eigenvalue weighted by molar-refractivity contribution is -0.111. The van der Waals surface area contributed by atoms with Crippen molar-refractivity contribution in [2.75, 3.05) is 0 Å². The smallest absolute Gasteiger partial charge is 0.123 e. The van der Waals surface area contributed by atoms with Crippen LogP contribution in [0.2, 0.25) is 0 Å². The van der Waals surface area contributed by atoms with Gasteiger partial charge in [-0.15, -0.1) is 11.3 Å². The van der Waals surface area contributed by atoms with E-state index in [2.05, 4.69) is 4.98 Å². The van der Waals surface area contributed by atoms with Crippen molar-refractivity contribution in [2.45, 2.75) is 19.3 Å². The minimum atomic E-state index is 0.226. The Kier molecular flexibility index (Phi) is 1.74. The number of carbonyl (C=O) groups excluding carboxylic acids is 1. The highest BCUT2D eigenvalue weighted by Crippen LogP contribution is 2.25. The molecule has 1 unspecified atom stereocenters. The Bertz CT molecular complexity index is 269. The van der Waals surface area contributed by atoms with Crippen molar-refractivity contribution in [1.29, 1.82) is 0 Å². The molecule has 0 saturated heterocycles. The van der Waals surface area contributed by atoms with Crippen LogP contribution in [0.4, 0.5) is 0 Å². The van der Waals surface area contributed by atoms with Crippen LogP contribution in [0, 0.1) is 5.92 Å². The number of hydrogen-bond acceptors (Lipinski definition) is 3. The second-order valence-electron chi connectivity index (χ2n) is 2.86. The van der Waals surface area contributed by atoms with Gasteiger partial charge in [0.15, 0.2) is 0 Å². The van der Waals surface area contributed by atoms with Crippen molar-refractivity contribution in [2.24, 2.45) is 5.92 Å². The van der Waals surface area contributed by atoms with Gasteiger partial charge in [0.25, 0.3) is 0 Å². The van der Waals surface area contributed by atoms with Gasteiger partial charge in [-0.2, -0.15) is 0 Å². The van der Waals surface area contributed by atoms with Crippen LogP contribution in [0.1, 0.15) is 17.0 Å². The maximum atomic E-state index is 10.5. The zero-order chi connectivity index (χ0) is 7.68. The van der Waals surface area contributed by atoms with E-state index in [0.29, 0.717) is 0 Å². The lowest BCUT2D eigenvalue weighted by Gasteiger charge is -2.14. The van der Waals surface area contributed by atoms with Gasteiger partial charge in [0.2, 0.25) is 0 Å². The summed E-state index contributed by atoms with van der Waals surface area (Å²) in [6.45, 7) is 0. The lowest BCUT2D eigenvalue weighted by atomic mass is 9.92. The minimum Gasteiger partial charge on any atom is -0.303 e. The standard InChI is InChI=1S/C8H9NOS/c10-4-6-1-2-8-7(3-6)9-5-11-8/h4-6H,1-3H2. The molecule has 1 heterocycles. The van der Waals surface area contributed by atoms with Crippen molar-refractivity contribution in [3.05, 3.63) is 16.1 Å². The van der Waals surface area contributed by atoms with Crippen LogP contribution >= 0.6 is 11.3 Å². The molecular weight excluding hydrogens is 158 g/mol. The Morgan fingerprint density at radius 2 is 2.64 bits per heavy atom. The molecule has 0 N–H and O–H groups in total. The predicted octanol–water partition coefficient (Wildman–Crippen LogP) is 1.45. The monoisotopic (exact) mass is 167 g/mol. The van der Waals surface area contributed by atoms with E-state index < -0.39 is 0 Å². The van der Waals surface area contributed by atoms with E-state index in [1.54, 1.807) is 11.3 Å². The topological polar surface area (TPSA) is 30.0 Å². The van der Waals surface area contributed by atoms with Crippen molar-refractivity contribution >= 4 is 17.6 Å². The van der Waals surface area contributed by atoms with Crippen LogP contribution in [0.3, 0.4) is 0 Å². The molecule has 3 heteroatoms. The Balaban J connectivity index is 2.24. The molecule has 1 aliphatic carbocycles. The van der Waals surface area contributed by atoms with Gasteiger partial charge in [0, 0.05) is 17.2 Å². The van der Waals surface area contributed by atoms with E-state index in [1.807, 2.05) is 5.51 Å². The maximum Gasteiger partial charge on any atom is 0.123 e. The number of aldehydes is 1. The van der Waals surface area contributed by atoms with Crippen LogP contribution < -0.4 is 0 Å². The van der Waals surface area contributed by atoms with Crippen LogP contribution in [-0.2, 0) is 17.6 Å². The largest absolute Gasteiger partial charge is 0.303 e. The van der Waals surface area contributed by atoms with Gasteiger partial charge < -0.3 is 4.79 Å². The molecular formula is C8H9NOS. The van der Waals surface area contributed by atoms with E-state index in [0.717, 1.165) is 31.2 Å². The molecule has 0 fully saturated rings. The predicted molar refractivity (Wildman–Crippen MR) is 43.7 cm³/mol. The molecule has 0 aromatic carbocycles. The van der Waals surface area contributed by atoms with Crippen LogP contribution in [0.5, 0.6) is 0 Å². The summed E-state index contributed by atoms with van der Waals surface area (Å²) in [5.74, 6) is 0.226. The van der Waals surface area contributed by atoms with Gasteiger partial charge in [-0.25, -0.2) is 4.98 Å². The van der Waals surface area contributed by atoms with E-state index in [9.17, 15) is 4.79 Å². The van der Waals surface area contributed by atoms with Crippen molar-refractivity contribution < 1.29 is 4.79 Å². The fraction of sp³-hybridized carbons (Fsp3) is 0.500. The zero-order valence-corrected chi connectivity index (χ0v) is 6.93. The van der Waals surface area contributed by atoms with Crippen LogP contribution in [0.25, 0.3) is 0 Å². The molecule has 0 aliphatic heterocycles. The SMILES string of the molecule is O=CC1CCc2scnc2C1. The summed E-state index contributed by atoms with van der Waals surface area (Å²) in [4.78, 5) is 16.1. The van der Waals surface area contributed by atoms with Crippen molar-refractivity contribution in [3.63, 3.8) is 0 Å². The van der Waals surface area contributed by atoms with E-state index in [1.165, 1.54) is 4.88 Å². The Morgan fingerprint density at radius 3 is 3.45 bits per heavy atom. The first-order valence-electron chi connectivity index (χ1n) is 3.76. The minimum absolute atomic E-state index is 0.226. The first kappa shape index (κ1) is 6.98. The number of carbonyl (C=O) groups is 1. The molecule has 0 radical (unpaired) electrons. The molecule has 1 aromatic rings. The molecule has 2 nitrogen and oxygen atoms in total. The molecule has 0 spiro atoms. The summed E-state index contributed by atoms with van der Waals surface area (Å²) >= 11 is 1.71. The molecule has 1 aromatic heterocycles. The molecule has 1 atom stereocenters. The highest BCUT2D eigenvalue weighted by molar-refractivity contribution is 7.09. The normalized spacial score (nSPS) is 22.7. The lowest BCUT2D eigenvalue weighted by Crippen LogP contribution is -2.13. The quantitative estimate of drug-likeness (QED) is 0.592. The van der Waals surface area contributed by atoms with Gasteiger partial charge in [-0.3, -0.25) is 0 Å². The van der Waals surface area contributed by atoms with Gasteiger partial charge in [-0.1, -0.05) is 0 Å². The molecule has 11 heavy (non-hydrogen) atoms. The first-order valence-corrected chi connectivity index (χ1v) is 4.64. The number of nitrogens with zero attached hydrogens (tertiary/aromatic N) is 1. The van der Waals surface area contributed by atoms with Gasteiger partial charge in [-0.05, 0) is 12.8 Å². The van der Waals surface area contributed by atoms with E-state index >= 15 is 0 Å². The molecule has 58 valence electrons. The number of thiazole rings is 1. The average molecular weight is 167 g/mol. The highest BCUT2D eigenvalue weighted by atomic mass is 32.1. The third-order valence-electron chi connectivity index (χ3n) is 2.12. The fourth-order valence-corrected chi connectivity index (χ4v) is 2.26. The average Bonchev–Trinajstić information content (AvgIpc) is 2.50. The maximum absolute atomic E-state index is 10.5. The van der Waals surface area contributed by atoms with E-state index in [-0.39, 0.29) is 5.92 Å². The number of rotatable bonds is 1. The summed E-state index contributed by atoms with van der Waals surface area (Å²) in [5, 5.41) is 0. The number of aryl methyl sites for hydroxylation is 1. The number of fused-ring (bicyclic) bond motifs is 1. The second-order valence-corrected chi connectivity index (χ2v) is 3.80. The molecule has 0 saturated carbocycles. The Hall–Kier alpha value is -0.700. The second kappa shape index (κ2) is 2.74. The zero-order valence-electron chi connectivity index (χ0n) is 6.12. The highest BCUT2D eigenvalue weighted by Gasteiger charge is 2.19. The first-order chi connectivity index (χ1) is 5.40. The van der Waals surface area contributed by atoms with Gasteiger partial charge in [0.05, 0.1) is 11.2 Å². The summed E-state index contributed by atoms with van der Waals surface area (Å²) in [5.41, 5.74) is 3.02.